The predicted octanol–water partition coefficient (Wildman–Crippen LogP) is 4.08. The molecule has 1 N–H and O–H groups in total. The number of hydrogen-bond donors (Lipinski definition) is 1. The van der Waals surface area contributed by atoms with Crippen molar-refractivity contribution in [3.05, 3.63) is 63.3 Å². The molecular weight excluding hydrogens is 369 g/mol. The van der Waals surface area contributed by atoms with Crippen LogP contribution in [0.15, 0.2) is 41.2 Å². The number of aryl methyl sites for hydroxylation is 1. The number of para-hydroxylation sites is 1. The highest BCUT2D eigenvalue weighted by molar-refractivity contribution is 6.31. The summed E-state index contributed by atoms with van der Waals surface area (Å²) in [7, 11) is 1.67. The van der Waals surface area contributed by atoms with E-state index in [9.17, 15) is 9.18 Å². The monoisotopic (exact) mass is 387 g/mol. The van der Waals surface area contributed by atoms with Gasteiger partial charge in [-0.3, -0.25) is 4.57 Å². The van der Waals surface area contributed by atoms with Gasteiger partial charge >= 0.3 is 5.69 Å². The number of aromatic nitrogens is 2. The first-order valence-electron chi connectivity index (χ1n) is 8.75. The van der Waals surface area contributed by atoms with Crippen molar-refractivity contribution in [3.8, 4) is 5.69 Å². The average Bonchev–Trinajstić information content (AvgIpc) is 2.58. The van der Waals surface area contributed by atoms with Crippen LogP contribution in [-0.4, -0.2) is 28.8 Å². The van der Waals surface area contributed by atoms with Gasteiger partial charge in [-0.2, -0.15) is 4.98 Å². The lowest BCUT2D eigenvalue weighted by molar-refractivity contribution is 0.0328. The molecule has 27 heavy (non-hydrogen) atoms. The van der Waals surface area contributed by atoms with Crippen LogP contribution in [0.3, 0.4) is 0 Å². The first kappa shape index (κ1) is 17.9. The first-order chi connectivity index (χ1) is 13.0. The second-order valence-electron chi connectivity index (χ2n) is 6.82. The minimum atomic E-state index is -0.516. The fourth-order valence-corrected chi connectivity index (χ4v) is 3.70. The van der Waals surface area contributed by atoms with Crippen LogP contribution in [0.4, 0.5) is 10.2 Å². The predicted molar refractivity (Wildman–Crippen MR) is 104 cm³/mol. The van der Waals surface area contributed by atoms with E-state index in [0.717, 1.165) is 18.4 Å². The molecule has 1 aliphatic carbocycles. The second-order valence-corrected chi connectivity index (χ2v) is 7.25. The van der Waals surface area contributed by atoms with Gasteiger partial charge in [0.25, 0.3) is 0 Å². The van der Waals surface area contributed by atoms with Crippen molar-refractivity contribution in [2.45, 2.75) is 31.9 Å². The highest BCUT2D eigenvalue weighted by atomic mass is 35.5. The molecule has 7 heteroatoms. The van der Waals surface area contributed by atoms with E-state index in [1.807, 2.05) is 25.1 Å². The van der Waals surface area contributed by atoms with Gasteiger partial charge in [0.05, 0.1) is 22.7 Å². The molecule has 1 aromatic heterocycles. The van der Waals surface area contributed by atoms with Crippen molar-refractivity contribution < 1.29 is 9.13 Å². The van der Waals surface area contributed by atoms with Crippen LogP contribution >= 0.6 is 11.6 Å². The van der Waals surface area contributed by atoms with Gasteiger partial charge in [-0.1, -0.05) is 29.8 Å². The van der Waals surface area contributed by atoms with Crippen molar-refractivity contribution in [3.63, 3.8) is 0 Å². The Bertz CT molecular complexity index is 1080. The summed E-state index contributed by atoms with van der Waals surface area (Å²) < 4.78 is 21.5. The molecule has 1 heterocycles. The van der Waals surface area contributed by atoms with Crippen LogP contribution in [0.2, 0.25) is 5.02 Å². The largest absolute Gasteiger partial charge is 0.381 e. The number of ether oxygens (including phenoxy) is 1. The number of nitrogens with zero attached hydrogens (tertiary/aromatic N) is 2. The van der Waals surface area contributed by atoms with Crippen LogP contribution in [0, 0.1) is 12.7 Å². The number of nitrogens with one attached hydrogen (secondary N) is 1. The molecule has 1 saturated carbocycles. The molecule has 0 radical (unpaired) electrons. The van der Waals surface area contributed by atoms with Crippen molar-refractivity contribution in [1.29, 1.82) is 0 Å². The molecule has 0 spiro atoms. The summed E-state index contributed by atoms with van der Waals surface area (Å²) in [6.45, 7) is 1.89. The Labute approximate surface area is 160 Å². The molecule has 0 saturated heterocycles. The van der Waals surface area contributed by atoms with Gasteiger partial charge in [-0.25, -0.2) is 9.18 Å². The van der Waals surface area contributed by atoms with Gasteiger partial charge in [-0.15, -0.1) is 0 Å². The van der Waals surface area contributed by atoms with Crippen LogP contribution < -0.4 is 11.0 Å². The molecular formula is C20H19ClFN3O2. The summed E-state index contributed by atoms with van der Waals surface area (Å²) >= 11 is 6.10. The van der Waals surface area contributed by atoms with E-state index in [0.29, 0.717) is 11.2 Å². The van der Waals surface area contributed by atoms with E-state index in [1.165, 1.54) is 10.6 Å². The summed E-state index contributed by atoms with van der Waals surface area (Å²) in [4.78, 5) is 17.0. The number of hydrogen-bond acceptors (Lipinski definition) is 4. The maximum atomic E-state index is 14.8. The Morgan fingerprint density at radius 1 is 1.30 bits per heavy atom. The van der Waals surface area contributed by atoms with E-state index < -0.39 is 11.5 Å². The highest BCUT2D eigenvalue weighted by Gasteiger charge is 2.30. The standard InChI is InChI=1S/C20H19ClFN3O2/c1-11-5-3-4-6-16(11)25-17-8-12(21)7-15(22)18(17)19(24-20(25)26)23-13-9-14(10-13)27-2/h3-8,13-14H,9-10H2,1-2H3,(H,23,24,26)/t13-,14-. The molecule has 1 aliphatic rings. The lowest BCUT2D eigenvalue weighted by Crippen LogP contribution is -2.41. The molecule has 4 rings (SSSR count). The van der Waals surface area contributed by atoms with Crippen LogP contribution in [0.25, 0.3) is 16.6 Å². The lowest BCUT2D eigenvalue weighted by atomic mass is 9.89. The maximum Gasteiger partial charge on any atom is 0.354 e. The van der Waals surface area contributed by atoms with Crippen molar-refractivity contribution in [2.24, 2.45) is 0 Å². The molecule has 3 aromatic rings. The normalized spacial score (nSPS) is 19.1. The van der Waals surface area contributed by atoms with E-state index >= 15 is 0 Å². The van der Waals surface area contributed by atoms with Crippen LogP contribution in [-0.2, 0) is 4.74 Å². The van der Waals surface area contributed by atoms with Gasteiger partial charge in [0.15, 0.2) is 0 Å². The Hall–Kier alpha value is -2.44. The lowest BCUT2D eigenvalue weighted by Gasteiger charge is -2.35. The van der Waals surface area contributed by atoms with Gasteiger partial charge in [0.2, 0.25) is 0 Å². The summed E-state index contributed by atoms with van der Waals surface area (Å²) in [6, 6.07) is 10.3. The molecule has 0 unspecified atom stereocenters. The molecule has 2 aromatic carbocycles. The first-order valence-corrected chi connectivity index (χ1v) is 9.13. The molecule has 0 amide bonds. The number of rotatable bonds is 4. The third kappa shape index (κ3) is 3.19. The molecule has 1 fully saturated rings. The zero-order valence-corrected chi connectivity index (χ0v) is 15.8. The fourth-order valence-electron chi connectivity index (χ4n) is 3.50. The summed E-state index contributed by atoms with van der Waals surface area (Å²) in [5.74, 6) is -0.272. The Kier molecular flexibility index (Phi) is 4.61. The topological polar surface area (TPSA) is 56.1 Å². The van der Waals surface area contributed by atoms with E-state index in [4.69, 9.17) is 16.3 Å². The van der Waals surface area contributed by atoms with Crippen molar-refractivity contribution >= 4 is 28.3 Å². The minimum absolute atomic E-state index is 0.0921. The number of benzene rings is 2. The zero-order chi connectivity index (χ0) is 19.1. The van der Waals surface area contributed by atoms with Crippen LogP contribution in [0.1, 0.15) is 18.4 Å². The maximum absolute atomic E-state index is 14.8. The zero-order valence-electron chi connectivity index (χ0n) is 15.0. The highest BCUT2D eigenvalue weighted by Crippen LogP contribution is 2.32. The SMILES string of the molecule is CO[C@H]1C[C@H](Nc2nc(=O)n(-c3ccccc3C)c3cc(Cl)cc(F)c23)C1. The number of anilines is 1. The molecule has 5 nitrogen and oxygen atoms in total. The average molecular weight is 388 g/mol. The molecule has 0 atom stereocenters. The van der Waals surface area contributed by atoms with Gasteiger partial charge in [0, 0.05) is 18.2 Å². The van der Waals surface area contributed by atoms with E-state index in [2.05, 4.69) is 10.3 Å². The molecule has 0 aliphatic heterocycles. The quantitative estimate of drug-likeness (QED) is 0.733. The minimum Gasteiger partial charge on any atom is -0.381 e. The Morgan fingerprint density at radius 3 is 2.74 bits per heavy atom. The van der Waals surface area contributed by atoms with Gasteiger partial charge in [-0.05, 0) is 43.5 Å². The third-order valence-electron chi connectivity index (χ3n) is 5.04. The summed E-state index contributed by atoms with van der Waals surface area (Å²) in [5, 5.41) is 3.67. The smallest absolute Gasteiger partial charge is 0.354 e. The second kappa shape index (κ2) is 6.94. The number of fused-ring (bicyclic) bond motifs is 1. The summed E-state index contributed by atoms with van der Waals surface area (Å²) in [5.41, 5.74) is 1.44. The fraction of sp³-hybridized carbons (Fsp3) is 0.300. The van der Waals surface area contributed by atoms with E-state index in [-0.39, 0.29) is 28.4 Å². The molecule has 140 valence electrons. The van der Waals surface area contributed by atoms with Crippen LogP contribution in [0.5, 0.6) is 0 Å². The van der Waals surface area contributed by atoms with Gasteiger partial charge in [0.1, 0.15) is 11.6 Å². The van der Waals surface area contributed by atoms with Crippen molar-refractivity contribution in [2.75, 3.05) is 12.4 Å². The third-order valence-corrected chi connectivity index (χ3v) is 5.25. The Balaban J connectivity index is 1.91. The Morgan fingerprint density at radius 2 is 2.04 bits per heavy atom. The number of halogens is 2. The summed E-state index contributed by atoms with van der Waals surface area (Å²) in [6.07, 6.45) is 1.76. The van der Waals surface area contributed by atoms with Crippen molar-refractivity contribution in [1.82, 2.24) is 9.55 Å². The molecule has 0 bridgehead atoms. The number of methoxy groups -OCH3 is 1. The van der Waals surface area contributed by atoms with E-state index in [1.54, 1.807) is 19.2 Å². The van der Waals surface area contributed by atoms with Gasteiger partial charge < -0.3 is 10.1 Å².